The zero-order valence-electron chi connectivity index (χ0n) is 36.8. The third-order valence-corrected chi connectivity index (χ3v) is 22.7. The fourth-order valence-corrected chi connectivity index (χ4v) is 15.9. The fraction of sp³-hybridized carbons (Fsp3) is 0.587. The largest absolute Gasteiger partial charge is 0.407 e. The van der Waals surface area contributed by atoms with Gasteiger partial charge in [0.05, 0.1) is 19.3 Å². The van der Waals surface area contributed by atoms with E-state index in [0.29, 0.717) is 26.2 Å². The van der Waals surface area contributed by atoms with Crippen LogP contribution in [0.4, 0.5) is 0 Å². The zero-order chi connectivity index (χ0) is 41.7. The van der Waals surface area contributed by atoms with Crippen LogP contribution in [-0.4, -0.2) is 87.3 Å². The van der Waals surface area contributed by atoms with Crippen molar-refractivity contribution in [2.45, 2.75) is 147 Å². The Morgan fingerprint density at radius 2 is 1.35 bits per heavy atom. The zero-order valence-corrected chi connectivity index (χ0v) is 39.8. The van der Waals surface area contributed by atoms with E-state index in [1.165, 1.54) is 10.4 Å². The van der Waals surface area contributed by atoms with Crippen molar-refractivity contribution in [3.8, 4) is 0 Å². The SMILES string of the molecule is CC[Si](CC)(CC)O[C@@H](C(=O)[C@@H]1COC(C)(C)O1)[C@@H](OCOCC[Si](C)(C)C)[C@H](CCO[Si](c1ccccc1)(c1ccccc1)C(C)(C)C)OCc1ccccc1. The van der Waals surface area contributed by atoms with Gasteiger partial charge in [0.25, 0.3) is 8.32 Å². The van der Waals surface area contributed by atoms with Gasteiger partial charge < -0.3 is 32.5 Å². The van der Waals surface area contributed by atoms with Gasteiger partial charge in [0.1, 0.15) is 25.1 Å². The summed E-state index contributed by atoms with van der Waals surface area (Å²) in [6, 6.07) is 35.1. The molecular weight excluding hydrogens is 765 g/mol. The van der Waals surface area contributed by atoms with E-state index in [9.17, 15) is 4.79 Å². The van der Waals surface area contributed by atoms with Crippen molar-refractivity contribution >= 4 is 40.9 Å². The number of benzene rings is 3. The number of rotatable bonds is 24. The molecule has 0 N–H and O–H groups in total. The summed E-state index contributed by atoms with van der Waals surface area (Å²) < 4.78 is 46.8. The quantitative estimate of drug-likeness (QED) is 0.0502. The Hall–Kier alpha value is -2.30. The highest BCUT2D eigenvalue weighted by Crippen LogP contribution is 2.37. The molecule has 0 bridgehead atoms. The summed E-state index contributed by atoms with van der Waals surface area (Å²) in [6.07, 6.45) is -2.71. The van der Waals surface area contributed by atoms with Gasteiger partial charge in [-0.3, -0.25) is 4.79 Å². The lowest BCUT2D eigenvalue weighted by Gasteiger charge is -2.43. The van der Waals surface area contributed by atoms with E-state index in [-0.39, 0.29) is 24.2 Å². The number of ketones is 1. The minimum atomic E-state index is -2.88. The molecule has 11 heteroatoms. The molecule has 316 valence electrons. The van der Waals surface area contributed by atoms with E-state index < -0.39 is 54.9 Å². The first-order valence-corrected chi connectivity index (χ1v) is 29.3. The maximum Gasteiger partial charge on any atom is 0.261 e. The Bertz CT molecular complexity index is 1560. The van der Waals surface area contributed by atoms with Gasteiger partial charge in [0.2, 0.25) is 0 Å². The molecule has 0 aromatic heterocycles. The van der Waals surface area contributed by atoms with Crippen molar-refractivity contribution in [2.75, 3.05) is 26.6 Å². The highest BCUT2D eigenvalue weighted by atomic mass is 28.4. The van der Waals surface area contributed by atoms with Crippen LogP contribution < -0.4 is 10.4 Å². The molecule has 1 aliphatic rings. The standard InChI is InChI=1S/C46H72O8Si3/c1-12-56(13-2,14-3)54-44(42(47)41-35-51-46(7,8)53-41)43(50-36-48-32-33-55(9,10)11)40(49-34-37-24-18-15-19-25-37)30-31-52-57(45(4,5)6,38-26-20-16-21-27-38)39-28-22-17-23-29-39/h15-29,40-41,43-44H,12-14,30-36H2,1-11H3/t40-,41-,43-,44-/m0/s1. The molecule has 0 radical (unpaired) electrons. The monoisotopic (exact) mass is 836 g/mol. The third-order valence-electron chi connectivity index (χ3n) is 11.4. The van der Waals surface area contributed by atoms with Crippen molar-refractivity contribution in [3.05, 3.63) is 96.6 Å². The number of hydrogen-bond donors (Lipinski definition) is 0. The van der Waals surface area contributed by atoms with Gasteiger partial charge in [-0.1, -0.05) is 152 Å². The Morgan fingerprint density at radius 3 is 1.82 bits per heavy atom. The Balaban J connectivity index is 1.80. The average molecular weight is 837 g/mol. The molecule has 0 saturated carbocycles. The molecule has 0 unspecified atom stereocenters. The second-order valence-corrected chi connectivity index (χ2v) is 32.8. The average Bonchev–Trinajstić information content (AvgIpc) is 3.56. The van der Waals surface area contributed by atoms with Crippen molar-refractivity contribution in [1.29, 1.82) is 0 Å². The van der Waals surface area contributed by atoms with Crippen LogP contribution in [0.2, 0.25) is 48.9 Å². The molecule has 0 amide bonds. The molecule has 1 heterocycles. The van der Waals surface area contributed by atoms with Gasteiger partial charge in [-0.15, -0.1) is 0 Å². The van der Waals surface area contributed by atoms with Crippen LogP contribution in [0.3, 0.4) is 0 Å². The number of Topliss-reactive ketones (excluding diaryl/α,β-unsaturated/α-hetero) is 1. The molecule has 57 heavy (non-hydrogen) atoms. The minimum Gasteiger partial charge on any atom is -0.407 e. The van der Waals surface area contributed by atoms with Crippen molar-refractivity contribution in [1.82, 2.24) is 0 Å². The first-order chi connectivity index (χ1) is 27.0. The molecule has 1 fully saturated rings. The summed E-state index contributed by atoms with van der Waals surface area (Å²) in [4.78, 5) is 14.9. The van der Waals surface area contributed by atoms with E-state index in [4.69, 9.17) is 32.5 Å². The lowest BCUT2D eigenvalue weighted by atomic mass is 9.98. The van der Waals surface area contributed by atoms with Gasteiger partial charge in [-0.25, -0.2) is 0 Å². The molecule has 3 aromatic carbocycles. The Labute approximate surface area is 347 Å². The highest BCUT2D eigenvalue weighted by molar-refractivity contribution is 6.99. The van der Waals surface area contributed by atoms with E-state index in [2.05, 4.69) is 134 Å². The van der Waals surface area contributed by atoms with Crippen molar-refractivity contribution in [3.63, 3.8) is 0 Å². The highest BCUT2D eigenvalue weighted by Gasteiger charge is 2.51. The van der Waals surface area contributed by atoms with Crippen LogP contribution in [-0.2, 0) is 43.9 Å². The minimum absolute atomic E-state index is 0.00942. The summed E-state index contributed by atoms with van der Waals surface area (Å²) >= 11 is 0. The molecule has 1 saturated heterocycles. The van der Waals surface area contributed by atoms with Crippen molar-refractivity contribution in [2.24, 2.45) is 0 Å². The first-order valence-electron chi connectivity index (χ1n) is 21.1. The van der Waals surface area contributed by atoms with Gasteiger partial charge in [0, 0.05) is 21.3 Å². The van der Waals surface area contributed by atoms with Crippen LogP contribution >= 0.6 is 0 Å². The van der Waals surface area contributed by atoms with Crippen LogP contribution in [0.1, 0.15) is 67.4 Å². The van der Waals surface area contributed by atoms with E-state index in [1.807, 2.05) is 32.0 Å². The molecule has 4 atom stereocenters. The number of carbonyl (C=O) groups excluding carboxylic acids is 1. The number of ether oxygens (including phenoxy) is 5. The fourth-order valence-electron chi connectivity index (χ4n) is 7.73. The molecule has 1 aliphatic heterocycles. The molecular formula is C46H72O8Si3. The maximum atomic E-state index is 14.9. The summed E-state index contributed by atoms with van der Waals surface area (Å²) in [7, 11) is -6.62. The Kier molecular flexibility index (Phi) is 17.7. The van der Waals surface area contributed by atoms with Crippen LogP contribution in [0, 0.1) is 0 Å². The number of hydrogen-bond acceptors (Lipinski definition) is 8. The second-order valence-electron chi connectivity index (χ2n) is 18.1. The van der Waals surface area contributed by atoms with Gasteiger partial charge >= 0.3 is 0 Å². The van der Waals surface area contributed by atoms with E-state index in [1.54, 1.807) is 0 Å². The summed E-state index contributed by atoms with van der Waals surface area (Å²) in [5.41, 5.74) is 1.03. The summed E-state index contributed by atoms with van der Waals surface area (Å²) in [6.45, 7) is 25.5. The van der Waals surface area contributed by atoms with E-state index >= 15 is 0 Å². The van der Waals surface area contributed by atoms with Crippen molar-refractivity contribution < 1.29 is 37.3 Å². The smallest absolute Gasteiger partial charge is 0.261 e. The lowest BCUT2D eigenvalue weighted by Crippen LogP contribution is -2.66. The van der Waals surface area contributed by atoms with Gasteiger partial charge in [-0.2, -0.15) is 0 Å². The number of carbonyl (C=O) groups is 1. The lowest BCUT2D eigenvalue weighted by molar-refractivity contribution is -0.185. The van der Waals surface area contributed by atoms with Crippen LogP contribution in [0.15, 0.2) is 91.0 Å². The molecule has 3 aromatic rings. The Morgan fingerprint density at radius 1 is 0.807 bits per heavy atom. The summed E-state index contributed by atoms with van der Waals surface area (Å²) in [5.74, 6) is -1.07. The van der Waals surface area contributed by atoms with E-state index in [0.717, 1.165) is 29.7 Å². The predicted octanol–water partition coefficient (Wildman–Crippen LogP) is 9.35. The molecule has 4 rings (SSSR count). The second kappa shape index (κ2) is 21.3. The predicted molar refractivity (Wildman–Crippen MR) is 239 cm³/mol. The third kappa shape index (κ3) is 13.1. The normalized spacial score (nSPS) is 18.0. The topological polar surface area (TPSA) is 81.7 Å². The molecule has 0 spiro atoms. The summed E-state index contributed by atoms with van der Waals surface area (Å²) in [5, 5.41) is 2.20. The van der Waals surface area contributed by atoms with Crippen LogP contribution in [0.5, 0.6) is 0 Å². The molecule has 0 aliphatic carbocycles. The van der Waals surface area contributed by atoms with Crippen LogP contribution in [0.25, 0.3) is 0 Å². The molecule has 8 nitrogen and oxygen atoms in total. The van der Waals surface area contributed by atoms with Gasteiger partial charge in [-0.05, 0) is 65.4 Å². The maximum absolute atomic E-state index is 14.9. The first kappa shape index (κ1) is 47.4. The van der Waals surface area contributed by atoms with Gasteiger partial charge in [0.15, 0.2) is 19.9 Å².